The Kier molecular flexibility index (Phi) is 1.46. The molecule has 0 fully saturated rings. The van der Waals surface area contributed by atoms with Crippen LogP contribution in [0.25, 0.3) is 5.52 Å². The Morgan fingerprint density at radius 2 is 2.25 bits per heavy atom. The molecule has 0 N–H and O–H groups in total. The molecule has 2 aromatic heterocycles. The Hall–Kier alpha value is -1.58. The fourth-order valence-electron chi connectivity index (χ4n) is 1.11. The summed E-state index contributed by atoms with van der Waals surface area (Å²) in [5.41, 5.74) is 2.05. The summed E-state index contributed by atoms with van der Waals surface area (Å²) in [6.07, 6.45) is 1.73. The van der Waals surface area contributed by atoms with Crippen LogP contribution in [0.3, 0.4) is 0 Å². The molecule has 0 radical (unpaired) electrons. The third-order valence-corrected chi connectivity index (χ3v) is 1.75. The van der Waals surface area contributed by atoms with Gasteiger partial charge in [0.15, 0.2) is 0 Å². The molecule has 2 heterocycles. The van der Waals surface area contributed by atoms with E-state index in [4.69, 9.17) is 4.74 Å². The van der Waals surface area contributed by atoms with Gasteiger partial charge in [-0.15, -0.1) is 5.10 Å². The molecule has 4 nitrogen and oxygen atoms in total. The topological polar surface area (TPSA) is 39.4 Å². The first kappa shape index (κ1) is 7.09. The minimum absolute atomic E-state index is 0.391. The molecule has 0 saturated heterocycles. The zero-order valence-electron chi connectivity index (χ0n) is 6.98. The molecule has 62 valence electrons. The van der Waals surface area contributed by atoms with E-state index in [1.54, 1.807) is 17.8 Å². The van der Waals surface area contributed by atoms with E-state index in [2.05, 4.69) is 10.1 Å². The molecule has 0 atom stereocenters. The molecule has 2 rings (SSSR count). The van der Waals surface area contributed by atoms with Gasteiger partial charge in [-0.3, -0.25) is 0 Å². The minimum atomic E-state index is 0.391. The van der Waals surface area contributed by atoms with Crippen molar-refractivity contribution in [2.75, 3.05) is 7.11 Å². The largest absolute Gasteiger partial charge is 0.466 e. The summed E-state index contributed by atoms with van der Waals surface area (Å²) < 4.78 is 6.70. The lowest BCUT2D eigenvalue weighted by molar-refractivity contribution is 0.371. The lowest BCUT2D eigenvalue weighted by Gasteiger charge is -1.98. The van der Waals surface area contributed by atoms with E-state index in [9.17, 15) is 0 Å². The highest BCUT2D eigenvalue weighted by Crippen LogP contribution is 2.08. The fourth-order valence-corrected chi connectivity index (χ4v) is 1.11. The molecule has 0 saturated carbocycles. The molecule has 0 amide bonds. The molecule has 0 bridgehead atoms. The second kappa shape index (κ2) is 2.48. The quantitative estimate of drug-likeness (QED) is 0.630. The lowest BCUT2D eigenvalue weighted by Crippen LogP contribution is -1.98. The Morgan fingerprint density at radius 1 is 1.42 bits per heavy atom. The molecule has 2 aromatic rings. The van der Waals surface area contributed by atoms with Crippen molar-refractivity contribution in [1.29, 1.82) is 0 Å². The molecule has 0 spiro atoms. The highest BCUT2D eigenvalue weighted by atomic mass is 16.5. The summed E-state index contributed by atoms with van der Waals surface area (Å²) >= 11 is 0. The summed E-state index contributed by atoms with van der Waals surface area (Å²) in [6.45, 7) is 1.99. The van der Waals surface area contributed by atoms with E-state index < -0.39 is 0 Å². The van der Waals surface area contributed by atoms with Gasteiger partial charge in [0, 0.05) is 5.69 Å². The van der Waals surface area contributed by atoms with Crippen molar-refractivity contribution < 1.29 is 4.74 Å². The van der Waals surface area contributed by atoms with Crippen LogP contribution in [0, 0.1) is 6.92 Å². The van der Waals surface area contributed by atoms with Crippen LogP contribution in [0.2, 0.25) is 0 Å². The van der Waals surface area contributed by atoms with Crippen LogP contribution in [-0.2, 0) is 0 Å². The van der Waals surface area contributed by atoms with Crippen LogP contribution in [-0.4, -0.2) is 21.7 Å². The molecular formula is C8H9N3O. The number of hydrogen-bond donors (Lipinski definition) is 0. The minimum Gasteiger partial charge on any atom is -0.466 e. The molecule has 12 heavy (non-hydrogen) atoms. The van der Waals surface area contributed by atoms with Crippen molar-refractivity contribution >= 4 is 5.52 Å². The number of hydrogen-bond acceptors (Lipinski definition) is 3. The second-order valence-corrected chi connectivity index (χ2v) is 2.56. The second-order valence-electron chi connectivity index (χ2n) is 2.56. The highest BCUT2D eigenvalue weighted by molar-refractivity contribution is 5.46. The van der Waals surface area contributed by atoms with Crippen molar-refractivity contribution in [3.63, 3.8) is 0 Å². The third kappa shape index (κ3) is 0.922. The Bertz CT molecular complexity index is 408. The molecule has 4 heteroatoms. The smallest absolute Gasteiger partial charge is 0.333 e. The van der Waals surface area contributed by atoms with Gasteiger partial charge in [-0.25, -0.2) is 9.50 Å². The van der Waals surface area contributed by atoms with Crippen LogP contribution in [0.4, 0.5) is 0 Å². The van der Waals surface area contributed by atoms with Crippen molar-refractivity contribution in [3.8, 4) is 6.01 Å². The van der Waals surface area contributed by atoms with Crippen molar-refractivity contribution in [3.05, 3.63) is 24.0 Å². The number of fused-ring (bicyclic) bond motifs is 1. The summed E-state index contributed by atoms with van der Waals surface area (Å²) in [5, 5.41) is 4.14. The van der Waals surface area contributed by atoms with E-state index in [0.717, 1.165) is 11.2 Å². The van der Waals surface area contributed by atoms with Crippen molar-refractivity contribution in [2.24, 2.45) is 0 Å². The van der Waals surface area contributed by atoms with Gasteiger partial charge in [0.1, 0.15) is 0 Å². The Labute approximate surface area is 69.8 Å². The van der Waals surface area contributed by atoms with Gasteiger partial charge >= 0.3 is 6.01 Å². The number of aryl methyl sites for hydroxylation is 1. The predicted octanol–water partition coefficient (Wildman–Crippen LogP) is 1.05. The molecule has 0 aliphatic rings. The first-order chi connectivity index (χ1) is 5.81. The Balaban J connectivity index is 2.71. The van der Waals surface area contributed by atoms with Gasteiger partial charge in [0.2, 0.25) is 0 Å². The first-order valence-electron chi connectivity index (χ1n) is 3.66. The predicted molar refractivity (Wildman–Crippen MR) is 44.3 cm³/mol. The normalized spacial score (nSPS) is 10.5. The average molecular weight is 163 g/mol. The van der Waals surface area contributed by atoms with Crippen LogP contribution < -0.4 is 4.74 Å². The van der Waals surface area contributed by atoms with Crippen LogP contribution >= 0.6 is 0 Å². The van der Waals surface area contributed by atoms with Crippen LogP contribution in [0.5, 0.6) is 6.01 Å². The number of nitrogens with zero attached hydrogens (tertiary/aromatic N) is 3. The molecule has 0 aliphatic heterocycles. The SMILES string of the molecule is COc1ncc2ccc(C)n2n1. The molecule has 0 aliphatic carbocycles. The molecule has 0 aromatic carbocycles. The van der Waals surface area contributed by atoms with Gasteiger partial charge < -0.3 is 4.74 Å². The lowest BCUT2D eigenvalue weighted by atomic mass is 10.5. The number of methoxy groups -OCH3 is 1. The maximum absolute atomic E-state index is 4.90. The van der Waals surface area contributed by atoms with Gasteiger partial charge in [-0.2, -0.15) is 0 Å². The van der Waals surface area contributed by atoms with E-state index in [1.807, 2.05) is 19.1 Å². The van der Waals surface area contributed by atoms with Crippen LogP contribution in [0.15, 0.2) is 18.3 Å². The van der Waals surface area contributed by atoms with Gasteiger partial charge in [0.05, 0.1) is 18.8 Å². The molecular weight excluding hydrogens is 154 g/mol. The van der Waals surface area contributed by atoms with Gasteiger partial charge in [-0.05, 0) is 19.1 Å². The zero-order chi connectivity index (χ0) is 8.55. The Morgan fingerprint density at radius 3 is 3.00 bits per heavy atom. The van der Waals surface area contributed by atoms with E-state index >= 15 is 0 Å². The summed E-state index contributed by atoms with van der Waals surface area (Å²) in [6, 6.07) is 4.35. The van der Waals surface area contributed by atoms with Gasteiger partial charge in [-0.1, -0.05) is 0 Å². The van der Waals surface area contributed by atoms with Crippen molar-refractivity contribution in [1.82, 2.24) is 14.6 Å². The standard InChI is InChI=1S/C8H9N3O/c1-6-3-4-7-5-9-8(12-2)10-11(6)7/h3-5H,1-2H3. The zero-order valence-corrected chi connectivity index (χ0v) is 6.98. The summed E-state index contributed by atoms with van der Waals surface area (Å²) in [7, 11) is 1.56. The fraction of sp³-hybridized carbons (Fsp3) is 0.250. The monoisotopic (exact) mass is 163 g/mol. The summed E-state index contributed by atoms with van der Waals surface area (Å²) in [4.78, 5) is 3.98. The maximum Gasteiger partial charge on any atom is 0.333 e. The number of rotatable bonds is 1. The summed E-state index contributed by atoms with van der Waals surface area (Å²) in [5.74, 6) is 0. The highest BCUT2D eigenvalue weighted by Gasteiger charge is 2.00. The van der Waals surface area contributed by atoms with E-state index in [0.29, 0.717) is 6.01 Å². The van der Waals surface area contributed by atoms with E-state index in [-0.39, 0.29) is 0 Å². The third-order valence-electron chi connectivity index (χ3n) is 1.75. The molecule has 0 unspecified atom stereocenters. The number of aromatic nitrogens is 3. The van der Waals surface area contributed by atoms with E-state index in [1.165, 1.54) is 0 Å². The maximum atomic E-state index is 4.90. The average Bonchev–Trinajstić information content (AvgIpc) is 2.47. The first-order valence-corrected chi connectivity index (χ1v) is 3.66. The van der Waals surface area contributed by atoms with Crippen LogP contribution in [0.1, 0.15) is 5.69 Å². The van der Waals surface area contributed by atoms with Gasteiger partial charge in [0.25, 0.3) is 0 Å². The number of ether oxygens (including phenoxy) is 1. The van der Waals surface area contributed by atoms with Crippen molar-refractivity contribution in [2.45, 2.75) is 6.92 Å².